The van der Waals surface area contributed by atoms with Crippen LogP contribution in [-0.4, -0.2) is 38.4 Å². The Balaban J connectivity index is 2.42. The van der Waals surface area contributed by atoms with Crippen molar-refractivity contribution in [1.29, 1.82) is 0 Å². The molecule has 0 spiro atoms. The van der Waals surface area contributed by atoms with Crippen molar-refractivity contribution >= 4 is 28.4 Å². The molecule has 1 aromatic carbocycles. The third-order valence-corrected chi connectivity index (χ3v) is 3.79. The van der Waals surface area contributed by atoms with Gasteiger partial charge in [0.15, 0.2) is 20.1 Å². The average Bonchev–Trinajstić information content (AvgIpc) is 3.10. The molecule has 0 saturated heterocycles. The number of hydrogen-bond donors (Lipinski definition) is 0. The second kappa shape index (κ2) is 5.47. The fourth-order valence-corrected chi connectivity index (χ4v) is 2.79. The zero-order chi connectivity index (χ0) is 20.2. The van der Waals surface area contributed by atoms with Crippen LogP contribution in [0.2, 0.25) is 0 Å². The Bertz CT molecular complexity index is 867. The minimum Gasteiger partial charge on any atom is -0.258 e. The van der Waals surface area contributed by atoms with Gasteiger partial charge in [0.1, 0.15) is 11.4 Å². The minimum absolute atomic E-state index is 0.0590. The standard InChI is InChI=1S/C8H5N9O10/c18-13(19)8-6-4(9(14(20)21)2-11(6)16(24)25)1-5-7(8)12(17(26)27)3-10(5)15(22)23/h1H,2-3H2. The lowest BCUT2D eigenvalue weighted by Crippen LogP contribution is -2.39. The predicted molar refractivity (Wildman–Crippen MR) is 80.7 cm³/mol. The van der Waals surface area contributed by atoms with Crippen LogP contribution < -0.4 is 20.0 Å². The second-order valence-corrected chi connectivity index (χ2v) is 5.05. The maximum Gasteiger partial charge on any atom is 0.332 e. The summed E-state index contributed by atoms with van der Waals surface area (Å²) in [7, 11) is 0. The smallest absolute Gasteiger partial charge is 0.258 e. The molecule has 3 rings (SSSR count). The molecule has 0 radical (unpaired) electrons. The van der Waals surface area contributed by atoms with E-state index in [0.29, 0.717) is 6.07 Å². The van der Waals surface area contributed by atoms with Gasteiger partial charge < -0.3 is 0 Å². The Morgan fingerprint density at radius 2 is 0.963 bits per heavy atom. The molecule has 19 nitrogen and oxygen atoms in total. The number of rotatable bonds is 5. The average molecular weight is 387 g/mol. The van der Waals surface area contributed by atoms with E-state index in [0.717, 1.165) is 0 Å². The minimum atomic E-state index is -1.23. The highest BCUT2D eigenvalue weighted by Crippen LogP contribution is 2.54. The highest BCUT2D eigenvalue weighted by molar-refractivity contribution is 5.98. The van der Waals surface area contributed by atoms with E-state index in [1.54, 1.807) is 0 Å². The van der Waals surface area contributed by atoms with Crippen molar-refractivity contribution in [2.24, 2.45) is 0 Å². The zero-order valence-corrected chi connectivity index (χ0v) is 12.6. The number of nitrogens with zero attached hydrogens (tertiary/aromatic N) is 9. The lowest BCUT2D eigenvalue weighted by Gasteiger charge is -2.09. The summed E-state index contributed by atoms with van der Waals surface area (Å²) in [5.74, 6) is 0. The SMILES string of the molecule is O=[N+]([O-])c1c2c(cc3c1N([N+](=O)[O-])CN3[N+](=O)[O-])N([N+](=O)[O-])CN2[N+](=O)[O-]. The molecule has 0 unspecified atom stereocenters. The van der Waals surface area contributed by atoms with Gasteiger partial charge in [-0.1, -0.05) is 20.0 Å². The first-order valence-electron chi connectivity index (χ1n) is 6.59. The fourth-order valence-electron chi connectivity index (χ4n) is 2.79. The van der Waals surface area contributed by atoms with Gasteiger partial charge in [-0.3, -0.25) is 10.1 Å². The molecule has 19 heteroatoms. The van der Waals surface area contributed by atoms with Crippen LogP contribution in [-0.2, 0) is 0 Å². The van der Waals surface area contributed by atoms with E-state index in [1.165, 1.54) is 0 Å². The summed E-state index contributed by atoms with van der Waals surface area (Å²) in [6.07, 6.45) is 0. The molecule has 142 valence electrons. The number of hydrazine groups is 4. The largest absolute Gasteiger partial charge is 0.332 e. The van der Waals surface area contributed by atoms with Crippen molar-refractivity contribution in [2.45, 2.75) is 0 Å². The molecular formula is C8H5N9O10. The van der Waals surface area contributed by atoms with Gasteiger partial charge in [0.05, 0.1) is 4.92 Å². The van der Waals surface area contributed by atoms with E-state index >= 15 is 0 Å². The van der Waals surface area contributed by atoms with Gasteiger partial charge in [-0.15, -0.1) is 0 Å². The summed E-state index contributed by atoms with van der Waals surface area (Å²) in [6.45, 7) is -2.09. The molecular weight excluding hydrogens is 382 g/mol. The summed E-state index contributed by atoms with van der Waals surface area (Å²) < 4.78 is 0. The van der Waals surface area contributed by atoms with Crippen LogP contribution in [0.1, 0.15) is 0 Å². The maximum atomic E-state index is 11.5. The fraction of sp³-hybridized carbons (Fsp3) is 0.250. The Morgan fingerprint density at radius 1 is 0.630 bits per heavy atom. The second-order valence-electron chi connectivity index (χ2n) is 5.05. The van der Waals surface area contributed by atoms with Crippen molar-refractivity contribution in [3.05, 3.63) is 56.6 Å². The van der Waals surface area contributed by atoms with Crippen molar-refractivity contribution in [2.75, 3.05) is 33.4 Å². The van der Waals surface area contributed by atoms with Gasteiger partial charge in [-0.25, -0.2) is 40.5 Å². The summed E-state index contributed by atoms with van der Waals surface area (Å²) >= 11 is 0. The van der Waals surface area contributed by atoms with Gasteiger partial charge in [0.2, 0.25) is 24.7 Å². The molecule has 0 N–H and O–H groups in total. The van der Waals surface area contributed by atoms with E-state index in [-0.39, 0.29) is 20.0 Å². The number of nitro benzene ring substituents is 1. The van der Waals surface area contributed by atoms with E-state index in [2.05, 4.69) is 0 Å². The first kappa shape index (κ1) is 17.2. The molecule has 0 amide bonds. The maximum absolute atomic E-state index is 11.5. The topological polar surface area (TPSA) is 229 Å². The lowest BCUT2D eigenvalue weighted by molar-refractivity contribution is -0.520. The third kappa shape index (κ3) is 2.29. The van der Waals surface area contributed by atoms with Gasteiger partial charge in [-0.05, 0) is 0 Å². The first-order valence-corrected chi connectivity index (χ1v) is 6.59. The zero-order valence-electron chi connectivity index (χ0n) is 12.6. The third-order valence-electron chi connectivity index (χ3n) is 3.79. The number of anilines is 4. The molecule has 0 saturated carbocycles. The van der Waals surface area contributed by atoms with Crippen molar-refractivity contribution in [3.8, 4) is 0 Å². The Labute approximate surface area is 144 Å². The molecule has 27 heavy (non-hydrogen) atoms. The monoisotopic (exact) mass is 387 g/mol. The van der Waals surface area contributed by atoms with Crippen LogP contribution in [0.4, 0.5) is 28.4 Å². The van der Waals surface area contributed by atoms with Crippen LogP contribution in [0.5, 0.6) is 0 Å². The molecule has 0 aliphatic carbocycles. The van der Waals surface area contributed by atoms with Crippen LogP contribution in [0.15, 0.2) is 6.07 Å². The lowest BCUT2D eigenvalue weighted by atomic mass is 10.1. The van der Waals surface area contributed by atoms with Gasteiger partial charge in [-0.2, -0.15) is 0 Å². The van der Waals surface area contributed by atoms with Crippen molar-refractivity contribution < 1.29 is 25.1 Å². The van der Waals surface area contributed by atoms with E-state index in [4.69, 9.17) is 0 Å². The Morgan fingerprint density at radius 3 is 1.22 bits per heavy atom. The Kier molecular flexibility index (Phi) is 3.49. The predicted octanol–water partition coefficient (Wildman–Crippen LogP) is -0.471. The van der Waals surface area contributed by atoms with Crippen LogP contribution in [0.3, 0.4) is 0 Å². The summed E-state index contributed by atoms with van der Waals surface area (Å²) in [4.78, 5) is 55.0. The number of hydrogen-bond acceptors (Lipinski definition) is 10. The van der Waals surface area contributed by atoms with Crippen LogP contribution in [0, 0.1) is 50.6 Å². The normalized spacial score (nSPS) is 14.8. The van der Waals surface area contributed by atoms with Gasteiger partial charge >= 0.3 is 5.69 Å². The summed E-state index contributed by atoms with van der Waals surface area (Å²) in [5.41, 5.74) is -4.38. The molecule has 0 atom stereocenters. The van der Waals surface area contributed by atoms with Crippen LogP contribution in [0.25, 0.3) is 0 Å². The first-order chi connectivity index (χ1) is 12.6. The van der Waals surface area contributed by atoms with Gasteiger partial charge in [0, 0.05) is 6.07 Å². The molecule has 2 aliphatic rings. The molecule has 0 fully saturated rings. The molecule has 1 aromatic rings. The van der Waals surface area contributed by atoms with Crippen LogP contribution >= 0.6 is 0 Å². The number of nitro groups is 5. The Hall–Kier alpha value is -4.58. The van der Waals surface area contributed by atoms with Crippen molar-refractivity contribution in [3.63, 3.8) is 0 Å². The van der Waals surface area contributed by atoms with E-state index in [9.17, 15) is 50.6 Å². The number of fused-ring (bicyclic) bond motifs is 2. The number of benzene rings is 1. The molecule has 0 aromatic heterocycles. The highest BCUT2D eigenvalue weighted by atomic mass is 16.7. The molecule has 0 bridgehead atoms. The van der Waals surface area contributed by atoms with Gasteiger partial charge in [0.25, 0.3) is 0 Å². The van der Waals surface area contributed by atoms with E-state index in [1.807, 2.05) is 0 Å². The summed E-state index contributed by atoms with van der Waals surface area (Å²) in [6, 6.07) is 0.691. The van der Waals surface area contributed by atoms with Crippen molar-refractivity contribution in [1.82, 2.24) is 0 Å². The molecule has 2 heterocycles. The van der Waals surface area contributed by atoms with E-state index < -0.39 is 66.8 Å². The quantitative estimate of drug-likeness (QED) is 0.459. The summed E-state index contributed by atoms with van der Waals surface area (Å²) in [5, 5.41) is 52.1. The molecule has 2 aliphatic heterocycles. The highest BCUT2D eigenvalue weighted by Gasteiger charge is 2.54.